The SMILES string of the molecule is CCOC(=O)CCn1c(=O)c2c(nc3n([C@@H](C)CC)c(C)cn23)n(C)c1=O. The van der Waals surface area contributed by atoms with E-state index < -0.39 is 17.2 Å². The second-order valence-corrected chi connectivity index (χ2v) is 6.71. The van der Waals surface area contributed by atoms with E-state index in [1.165, 1.54) is 4.57 Å². The Morgan fingerprint density at radius 3 is 2.63 bits per heavy atom. The van der Waals surface area contributed by atoms with E-state index in [-0.39, 0.29) is 25.6 Å². The van der Waals surface area contributed by atoms with Gasteiger partial charge in [0.05, 0.1) is 13.0 Å². The normalized spacial score (nSPS) is 12.8. The van der Waals surface area contributed by atoms with Crippen LogP contribution >= 0.6 is 0 Å². The predicted octanol–water partition coefficient (Wildman–Crippen LogP) is 1.38. The summed E-state index contributed by atoms with van der Waals surface area (Å²) in [6, 6.07) is 0.211. The number of aryl methyl sites for hydroxylation is 2. The Labute approximate surface area is 155 Å². The van der Waals surface area contributed by atoms with E-state index in [0.29, 0.717) is 16.9 Å². The lowest BCUT2D eigenvalue weighted by atomic mass is 10.2. The Kier molecular flexibility index (Phi) is 4.95. The third-order valence-electron chi connectivity index (χ3n) is 4.95. The lowest BCUT2D eigenvalue weighted by Crippen LogP contribution is -2.39. The van der Waals surface area contributed by atoms with Crippen LogP contribution in [0.3, 0.4) is 0 Å². The molecule has 3 aromatic rings. The number of aromatic nitrogens is 5. The molecule has 0 saturated heterocycles. The number of hydrogen-bond donors (Lipinski definition) is 0. The Morgan fingerprint density at radius 1 is 1.30 bits per heavy atom. The lowest BCUT2D eigenvalue weighted by Gasteiger charge is -2.12. The van der Waals surface area contributed by atoms with E-state index in [1.54, 1.807) is 18.4 Å². The maximum atomic E-state index is 13.0. The molecule has 146 valence electrons. The van der Waals surface area contributed by atoms with Gasteiger partial charge in [-0.05, 0) is 27.2 Å². The van der Waals surface area contributed by atoms with Crippen molar-refractivity contribution < 1.29 is 9.53 Å². The van der Waals surface area contributed by atoms with Crippen LogP contribution in [0.25, 0.3) is 16.9 Å². The minimum atomic E-state index is -0.496. The van der Waals surface area contributed by atoms with Gasteiger partial charge in [0.2, 0.25) is 5.78 Å². The molecule has 3 heterocycles. The molecule has 0 N–H and O–H groups in total. The second kappa shape index (κ2) is 7.05. The average Bonchev–Trinajstić information content (AvgIpc) is 3.14. The smallest absolute Gasteiger partial charge is 0.332 e. The van der Waals surface area contributed by atoms with Gasteiger partial charge in [-0.25, -0.2) is 4.79 Å². The van der Waals surface area contributed by atoms with Crippen LogP contribution in [0.2, 0.25) is 0 Å². The van der Waals surface area contributed by atoms with Gasteiger partial charge in [-0.2, -0.15) is 4.98 Å². The second-order valence-electron chi connectivity index (χ2n) is 6.71. The van der Waals surface area contributed by atoms with E-state index in [9.17, 15) is 14.4 Å². The fourth-order valence-corrected chi connectivity index (χ4v) is 3.39. The summed E-state index contributed by atoms with van der Waals surface area (Å²) in [6.07, 6.45) is 2.73. The van der Waals surface area contributed by atoms with E-state index in [0.717, 1.165) is 16.7 Å². The first kappa shape index (κ1) is 18.9. The number of ether oxygens (including phenoxy) is 1. The van der Waals surface area contributed by atoms with Crippen LogP contribution in [0.5, 0.6) is 0 Å². The number of carbonyl (C=O) groups is 1. The van der Waals surface area contributed by atoms with Crippen molar-refractivity contribution in [2.75, 3.05) is 6.61 Å². The molecule has 0 unspecified atom stereocenters. The van der Waals surface area contributed by atoms with Crippen LogP contribution in [-0.2, 0) is 23.1 Å². The standard InChI is InChI=1S/C18H25N5O4/c1-6-11(3)23-12(4)10-22-14-15(19-17(22)23)20(5)18(26)21(16(14)25)9-8-13(24)27-7-2/h10-11H,6-9H2,1-5H3/t11-/m0/s1. The maximum Gasteiger partial charge on any atom is 0.332 e. The van der Waals surface area contributed by atoms with Crippen LogP contribution in [0, 0.1) is 6.92 Å². The number of fused-ring (bicyclic) bond motifs is 3. The first-order valence-electron chi connectivity index (χ1n) is 9.16. The summed E-state index contributed by atoms with van der Waals surface area (Å²) in [7, 11) is 1.58. The zero-order chi connectivity index (χ0) is 19.9. The van der Waals surface area contributed by atoms with Gasteiger partial charge in [0.15, 0.2) is 11.2 Å². The Hall–Kier alpha value is -2.84. The molecule has 0 aliphatic rings. The molecule has 0 spiro atoms. The molecule has 0 bridgehead atoms. The molecule has 0 radical (unpaired) electrons. The summed E-state index contributed by atoms with van der Waals surface area (Å²) in [5.41, 5.74) is 0.709. The predicted molar refractivity (Wildman–Crippen MR) is 101 cm³/mol. The van der Waals surface area contributed by atoms with Crippen molar-refractivity contribution >= 4 is 22.9 Å². The largest absolute Gasteiger partial charge is 0.466 e. The van der Waals surface area contributed by atoms with Crippen molar-refractivity contribution in [2.24, 2.45) is 7.05 Å². The molecule has 1 atom stereocenters. The molecule has 0 aliphatic carbocycles. The van der Waals surface area contributed by atoms with Crippen molar-refractivity contribution in [3.05, 3.63) is 32.7 Å². The summed E-state index contributed by atoms with van der Waals surface area (Å²) in [5, 5.41) is 0. The molecule has 0 aliphatic heterocycles. The Balaban J connectivity index is 2.23. The number of nitrogens with zero attached hydrogens (tertiary/aromatic N) is 5. The lowest BCUT2D eigenvalue weighted by molar-refractivity contribution is -0.143. The summed E-state index contributed by atoms with van der Waals surface area (Å²) < 4.78 is 11.1. The van der Waals surface area contributed by atoms with Gasteiger partial charge in [-0.3, -0.25) is 23.1 Å². The molecule has 3 aromatic heterocycles. The summed E-state index contributed by atoms with van der Waals surface area (Å²) in [4.78, 5) is 41.9. The molecule has 9 nitrogen and oxygen atoms in total. The molecule has 9 heteroatoms. The van der Waals surface area contributed by atoms with Gasteiger partial charge in [-0.1, -0.05) is 6.92 Å². The van der Waals surface area contributed by atoms with Gasteiger partial charge in [-0.15, -0.1) is 0 Å². The molecule has 0 saturated carbocycles. The number of imidazole rings is 2. The molecular formula is C18H25N5O4. The van der Waals surface area contributed by atoms with Gasteiger partial charge in [0.1, 0.15) is 0 Å². The van der Waals surface area contributed by atoms with E-state index in [1.807, 2.05) is 13.1 Å². The number of carbonyl (C=O) groups excluding carboxylic acids is 1. The zero-order valence-corrected chi connectivity index (χ0v) is 16.4. The van der Waals surface area contributed by atoms with Crippen molar-refractivity contribution in [1.82, 2.24) is 23.1 Å². The minimum absolute atomic E-state index is 0.0292. The molecule has 0 amide bonds. The molecule has 27 heavy (non-hydrogen) atoms. The quantitative estimate of drug-likeness (QED) is 0.607. The average molecular weight is 375 g/mol. The molecule has 0 fully saturated rings. The van der Waals surface area contributed by atoms with Crippen LogP contribution < -0.4 is 11.2 Å². The zero-order valence-electron chi connectivity index (χ0n) is 16.4. The van der Waals surface area contributed by atoms with Crippen LogP contribution in [0.1, 0.15) is 45.3 Å². The summed E-state index contributed by atoms with van der Waals surface area (Å²) in [5.74, 6) is 0.191. The third-order valence-corrected chi connectivity index (χ3v) is 4.95. The van der Waals surface area contributed by atoms with Crippen LogP contribution in [-0.4, -0.2) is 35.7 Å². The first-order valence-corrected chi connectivity index (χ1v) is 9.16. The highest BCUT2D eigenvalue weighted by molar-refractivity contribution is 5.76. The summed E-state index contributed by atoms with van der Waals surface area (Å²) >= 11 is 0. The number of hydrogen-bond acceptors (Lipinski definition) is 5. The molecular weight excluding hydrogens is 350 g/mol. The van der Waals surface area contributed by atoms with Crippen molar-refractivity contribution in [1.29, 1.82) is 0 Å². The van der Waals surface area contributed by atoms with Gasteiger partial charge in [0, 0.05) is 31.5 Å². The first-order chi connectivity index (χ1) is 12.8. The monoisotopic (exact) mass is 375 g/mol. The fraction of sp³-hybridized carbons (Fsp3) is 0.556. The van der Waals surface area contributed by atoms with Crippen molar-refractivity contribution in [3.8, 4) is 0 Å². The highest BCUT2D eigenvalue weighted by Gasteiger charge is 2.21. The molecule has 0 aromatic carbocycles. The number of esters is 1. The highest BCUT2D eigenvalue weighted by atomic mass is 16.5. The topological polar surface area (TPSA) is 92.5 Å². The Bertz CT molecular complexity index is 1130. The van der Waals surface area contributed by atoms with Crippen LogP contribution in [0.15, 0.2) is 15.8 Å². The highest BCUT2D eigenvalue weighted by Crippen LogP contribution is 2.22. The van der Waals surface area contributed by atoms with Crippen molar-refractivity contribution in [2.45, 2.75) is 53.1 Å². The number of rotatable bonds is 6. The molecule has 3 rings (SSSR count). The maximum absolute atomic E-state index is 13.0. The Morgan fingerprint density at radius 2 is 2.00 bits per heavy atom. The van der Waals surface area contributed by atoms with Crippen LogP contribution in [0.4, 0.5) is 0 Å². The van der Waals surface area contributed by atoms with Gasteiger partial charge >= 0.3 is 11.7 Å². The summed E-state index contributed by atoms with van der Waals surface area (Å²) in [6.45, 7) is 8.08. The van der Waals surface area contributed by atoms with E-state index in [2.05, 4.69) is 23.4 Å². The van der Waals surface area contributed by atoms with Crippen molar-refractivity contribution in [3.63, 3.8) is 0 Å². The van der Waals surface area contributed by atoms with Gasteiger partial charge in [0.25, 0.3) is 5.56 Å². The van der Waals surface area contributed by atoms with Gasteiger partial charge < -0.3 is 9.30 Å². The minimum Gasteiger partial charge on any atom is -0.466 e. The van der Waals surface area contributed by atoms with E-state index in [4.69, 9.17) is 4.74 Å². The fourth-order valence-electron chi connectivity index (χ4n) is 3.39. The third kappa shape index (κ3) is 2.96. The van der Waals surface area contributed by atoms with E-state index >= 15 is 0 Å².